The van der Waals surface area contributed by atoms with Crippen LogP contribution in [0.3, 0.4) is 0 Å². The fourth-order valence-corrected chi connectivity index (χ4v) is 4.13. The van der Waals surface area contributed by atoms with Crippen molar-refractivity contribution in [3.63, 3.8) is 0 Å². The molecule has 1 aliphatic heterocycles. The van der Waals surface area contributed by atoms with E-state index in [1.807, 2.05) is 30.3 Å². The minimum atomic E-state index is -3.41. The van der Waals surface area contributed by atoms with Gasteiger partial charge >= 0.3 is 5.97 Å². The molecule has 0 radical (unpaired) electrons. The maximum atomic E-state index is 12.4. The van der Waals surface area contributed by atoms with Gasteiger partial charge in [-0.3, -0.25) is 4.31 Å². The molecule has 0 fully saturated rings. The van der Waals surface area contributed by atoms with E-state index in [-0.39, 0.29) is 12.3 Å². The Morgan fingerprint density at radius 3 is 2.59 bits per heavy atom. The van der Waals surface area contributed by atoms with E-state index >= 15 is 0 Å². The Kier molecular flexibility index (Phi) is 3.62. The topological polar surface area (TPSA) is 63.7 Å². The molecule has 2 aromatic rings. The van der Waals surface area contributed by atoms with Crippen molar-refractivity contribution < 1.29 is 17.9 Å². The minimum Gasteiger partial charge on any atom is -0.465 e. The maximum absolute atomic E-state index is 12.4. The first-order chi connectivity index (χ1) is 10.5. The Morgan fingerprint density at radius 2 is 1.91 bits per heavy atom. The SMILES string of the molecule is COC(=O)c1ccc2c(c1)N(Cc1ccccc1)S(=O)(=O)C2. The number of rotatable bonds is 3. The summed E-state index contributed by atoms with van der Waals surface area (Å²) in [5, 5.41) is 0. The number of carbonyl (C=O) groups is 1. The molecule has 0 amide bonds. The predicted molar refractivity (Wildman–Crippen MR) is 83.0 cm³/mol. The molecule has 2 aromatic carbocycles. The summed E-state index contributed by atoms with van der Waals surface area (Å²) in [5.74, 6) is -0.525. The minimum absolute atomic E-state index is 0.0450. The number of hydrogen-bond donors (Lipinski definition) is 0. The molecule has 0 aromatic heterocycles. The Hall–Kier alpha value is -2.34. The molecule has 0 bridgehead atoms. The van der Waals surface area contributed by atoms with Crippen LogP contribution in [0.25, 0.3) is 0 Å². The third-order valence-electron chi connectivity index (χ3n) is 3.62. The molecule has 0 aliphatic carbocycles. The molecule has 1 heterocycles. The van der Waals surface area contributed by atoms with Crippen molar-refractivity contribution in [3.8, 4) is 0 Å². The molecule has 0 spiro atoms. The monoisotopic (exact) mass is 317 g/mol. The number of esters is 1. The van der Waals surface area contributed by atoms with Gasteiger partial charge in [-0.15, -0.1) is 0 Å². The average molecular weight is 317 g/mol. The largest absolute Gasteiger partial charge is 0.465 e. The summed E-state index contributed by atoms with van der Waals surface area (Å²) in [5.41, 5.74) is 2.48. The summed E-state index contributed by atoms with van der Waals surface area (Å²) in [6, 6.07) is 14.2. The summed E-state index contributed by atoms with van der Waals surface area (Å²) in [7, 11) is -2.11. The van der Waals surface area contributed by atoms with Gasteiger partial charge in [-0.1, -0.05) is 36.4 Å². The Morgan fingerprint density at radius 1 is 1.18 bits per heavy atom. The van der Waals surface area contributed by atoms with E-state index in [0.717, 1.165) is 5.56 Å². The second-order valence-corrected chi connectivity index (χ2v) is 6.98. The molecule has 3 rings (SSSR count). The van der Waals surface area contributed by atoms with Crippen molar-refractivity contribution in [3.05, 3.63) is 65.2 Å². The quantitative estimate of drug-likeness (QED) is 0.815. The van der Waals surface area contributed by atoms with E-state index in [4.69, 9.17) is 4.74 Å². The normalized spacial score (nSPS) is 15.4. The Bertz CT molecular complexity index is 815. The smallest absolute Gasteiger partial charge is 0.337 e. The van der Waals surface area contributed by atoms with Gasteiger partial charge < -0.3 is 4.74 Å². The first-order valence-electron chi connectivity index (χ1n) is 6.77. The highest BCUT2D eigenvalue weighted by molar-refractivity contribution is 7.92. The second kappa shape index (κ2) is 5.46. The van der Waals surface area contributed by atoms with E-state index in [2.05, 4.69) is 0 Å². The highest BCUT2D eigenvalue weighted by Crippen LogP contribution is 2.35. The van der Waals surface area contributed by atoms with Crippen LogP contribution in [-0.2, 0) is 27.1 Å². The molecule has 5 nitrogen and oxygen atoms in total. The number of benzene rings is 2. The lowest BCUT2D eigenvalue weighted by molar-refractivity contribution is 0.0601. The van der Waals surface area contributed by atoms with Crippen LogP contribution >= 0.6 is 0 Å². The number of fused-ring (bicyclic) bond motifs is 1. The molecule has 114 valence electrons. The first kappa shape index (κ1) is 14.6. The van der Waals surface area contributed by atoms with Crippen LogP contribution in [0.15, 0.2) is 48.5 Å². The fourth-order valence-electron chi connectivity index (χ4n) is 2.52. The highest BCUT2D eigenvalue weighted by atomic mass is 32.2. The van der Waals surface area contributed by atoms with Crippen molar-refractivity contribution in [1.82, 2.24) is 0 Å². The summed E-state index contributed by atoms with van der Waals surface area (Å²) < 4.78 is 30.8. The maximum Gasteiger partial charge on any atom is 0.337 e. The van der Waals surface area contributed by atoms with Crippen LogP contribution in [0.4, 0.5) is 5.69 Å². The lowest BCUT2D eigenvalue weighted by atomic mass is 10.1. The lowest BCUT2D eigenvalue weighted by Crippen LogP contribution is -2.26. The van der Waals surface area contributed by atoms with E-state index in [1.54, 1.807) is 18.2 Å². The van der Waals surface area contributed by atoms with Crippen LogP contribution in [-0.4, -0.2) is 21.5 Å². The number of nitrogens with zero attached hydrogens (tertiary/aromatic N) is 1. The zero-order valence-electron chi connectivity index (χ0n) is 12.0. The predicted octanol–water partition coefficient (Wildman–Crippen LogP) is 2.32. The lowest BCUT2D eigenvalue weighted by Gasteiger charge is -2.18. The van der Waals surface area contributed by atoms with E-state index < -0.39 is 16.0 Å². The van der Waals surface area contributed by atoms with Gasteiger partial charge in [0.05, 0.1) is 30.7 Å². The molecule has 0 unspecified atom stereocenters. The summed E-state index contributed by atoms with van der Waals surface area (Å²) in [4.78, 5) is 11.6. The van der Waals surface area contributed by atoms with Crippen LogP contribution < -0.4 is 4.31 Å². The molecule has 6 heteroatoms. The summed E-state index contributed by atoms with van der Waals surface area (Å²) in [6.45, 7) is 0.251. The molecule has 0 saturated heterocycles. The molecular weight excluding hydrogens is 302 g/mol. The van der Waals surface area contributed by atoms with Gasteiger partial charge in [0.2, 0.25) is 10.0 Å². The van der Waals surface area contributed by atoms with Gasteiger partial charge in [0, 0.05) is 0 Å². The Balaban J connectivity index is 2.02. The zero-order valence-corrected chi connectivity index (χ0v) is 12.8. The number of anilines is 1. The van der Waals surface area contributed by atoms with Crippen LogP contribution in [0.2, 0.25) is 0 Å². The van der Waals surface area contributed by atoms with E-state index in [0.29, 0.717) is 16.8 Å². The fraction of sp³-hybridized carbons (Fsp3) is 0.188. The average Bonchev–Trinajstić information content (AvgIpc) is 2.77. The first-order valence-corrected chi connectivity index (χ1v) is 8.38. The number of ether oxygens (including phenoxy) is 1. The number of sulfonamides is 1. The standard InChI is InChI=1S/C16H15NO4S/c1-21-16(18)13-7-8-14-11-22(19,20)17(15(14)9-13)10-12-5-3-2-4-6-12/h2-9H,10-11H2,1H3. The van der Waals surface area contributed by atoms with Gasteiger partial charge in [-0.05, 0) is 23.3 Å². The van der Waals surface area contributed by atoms with Crippen molar-refractivity contribution in [1.29, 1.82) is 0 Å². The second-order valence-electron chi connectivity index (χ2n) is 5.08. The van der Waals surface area contributed by atoms with Crippen molar-refractivity contribution in [2.45, 2.75) is 12.3 Å². The Labute approximate surface area is 129 Å². The summed E-state index contributed by atoms with van der Waals surface area (Å²) >= 11 is 0. The molecule has 0 saturated carbocycles. The molecular formula is C16H15NO4S. The number of hydrogen-bond acceptors (Lipinski definition) is 4. The van der Waals surface area contributed by atoms with Crippen molar-refractivity contribution in [2.75, 3.05) is 11.4 Å². The van der Waals surface area contributed by atoms with Gasteiger partial charge in [0.25, 0.3) is 0 Å². The summed E-state index contributed by atoms with van der Waals surface area (Å²) in [6.07, 6.45) is 0. The molecule has 0 N–H and O–H groups in total. The van der Waals surface area contributed by atoms with E-state index in [1.165, 1.54) is 11.4 Å². The van der Waals surface area contributed by atoms with Crippen molar-refractivity contribution in [2.24, 2.45) is 0 Å². The van der Waals surface area contributed by atoms with Gasteiger partial charge in [0.15, 0.2) is 0 Å². The van der Waals surface area contributed by atoms with E-state index in [9.17, 15) is 13.2 Å². The number of methoxy groups -OCH3 is 1. The third kappa shape index (κ3) is 2.57. The molecule has 0 atom stereocenters. The molecule has 22 heavy (non-hydrogen) atoms. The van der Waals surface area contributed by atoms with Crippen LogP contribution in [0, 0.1) is 0 Å². The van der Waals surface area contributed by atoms with Gasteiger partial charge in [-0.25, -0.2) is 13.2 Å². The zero-order chi connectivity index (χ0) is 15.7. The van der Waals surface area contributed by atoms with Crippen molar-refractivity contribution >= 4 is 21.7 Å². The van der Waals surface area contributed by atoms with Crippen LogP contribution in [0.5, 0.6) is 0 Å². The van der Waals surface area contributed by atoms with Crippen LogP contribution in [0.1, 0.15) is 21.5 Å². The molecule has 1 aliphatic rings. The highest BCUT2D eigenvalue weighted by Gasteiger charge is 2.33. The van der Waals surface area contributed by atoms with Gasteiger partial charge in [-0.2, -0.15) is 0 Å². The number of carbonyl (C=O) groups excluding carboxylic acids is 1. The van der Waals surface area contributed by atoms with Gasteiger partial charge in [0.1, 0.15) is 0 Å². The third-order valence-corrected chi connectivity index (χ3v) is 5.29.